The SMILES string of the molecule is COc1ccc(-c2n[nH]nc2C(N)=O)cc1COc1ccccc1. The van der Waals surface area contributed by atoms with Crippen molar-refractivity contribution in [3.63, 3.8) is 0 Å². The first-order chi connectivity index (χ1) is 11.7. The maximum atomic E-state index is 11.4. The number of nitrogens with one attached hydrogen (secondary N) is 1. The molecule has 0 aliphatic heterocycles. The molecule has 0 aliphatic rings. The third-order valence-corrected chi connectivity index (χ3v) is 3.47. The maximum absolute atomic E-state index is 11.4. The molecule has 7 nitrogen and oxygen atoms in total. The molecule has 1 amide bonds. The van der Waals surface area contributed by atoms with Crippen LogP contribution in [0.3, 0.4) is 0 Å². The second-order valence-electron chi connectivity index (χ2n) is 5.01. The number of hydrogen-bond donors (Lipinski definition) is 2. The molecule has 3 aromatic rings. The van der Waals surface area contributed by atoms with Crippen LogP contribution in [0.15, 0.2) is 48.5 Å². The van der Waals surface area contributed by atoms with Crippen molar-refractivity contribution in [2.75, 3.05) is 7.11 Å². The Morgan fingerprint density at radius 1 is 1.17 bits per heavy atom. The topological polar surface area (TPSA) is 103 Å². The summed E-state index contributed by atoms with van der Waals surface area (Å²) in [5, 5.41) is 10.2. The van der Waals surface area contributed by atoms with Gasteiger partial charge in [-0.25, -0.2) is 0 Å². The number of nitrogens with two attached hydrogens (primary N) is 1. The zero-order chi connectivity index (χ0) is 16.9. The summed E-state index contributed by atoms with van der Waals surface area (Å²) in [6, 6.07) is 14.9. The quantitative estimate of drug-likeness (QED) is 0.723. The highest BCUT2D eigenvalue weighted by Crippen LogP contribution is 2.27. The number of amides is 1. The fourth-order valence-electron chi connectivity index (χ4n) is 2.32. The second-order valence-corrected chi connectivity index (χ2v) is 5.01. The Hall–Kier alpha value is -3.35. The summed E-state index contributed by atoms with van der Waals surface area (Å²) in [4.78, 5) is 11.4. The summed E-state index contributed by atoms with van der Waals surface area (Å²) in [5.41, 5.74) is 7.32. The number of aromatic amines is 1. The lowest BCUT2D eigenvalue weighted by Gasteiger charge is -2.11. The van der Waals surface area contributed by atoms with Crippen LogP contribution < -0.4 is 15.2 Å². The van der Waals surface area contributed by atoms with E-state index in [4.69, 9.17) is 15.2 Å². The summed E-state index contributed by atoms with van der Waals surface area (Å²) in [7, 11) is 1.59. The normalized spacial score (nSPS) is 10.4. The minimum Gasteiger partial charge on any atom is -0.496 e. The summed E-state index contributed by atoms with van der Waals surface area (Å²) < 4.78 is 11.1. The average molecular weight is 324 g/mol. The zero-order valence-corrected chi connectivity index (χ0v) is 13.0. The Bertz CT molecular complexity index is 846. The van der Waals surface area contributed by atoms with Gasteiger partial charge in [0, 0.05) is 11.1 Å². The first kappa shape index (κ1) is 15.5. The number of carbonyl (C=O) groups excluding carboxylic acids is 1. The van der Waals surface area contributed by atoms with Gasteiger partial charge < -0.3 is 15.2 Å². The molecule has 2 aromatic carbocycles. The smallest absolute Gasteiger partial charge is 0.271 e. The summed E-state index contributed by atoms with van der Waals surface area (Å²) in [6.07, 6.45) is 0. The van der Waals surface area contributed by atoms with Gasteiger partial charge in [-0.1, -0.05) is 18.2 Å². The fourth-order valence-corrected chi connectivity index (χ4v) is 2.32. The van der Waals surface area contributed by atoms with E-state index in [-0.39, 0.29) is 5.69 Å². The van der Waals surface area contributed by atoms with E-state index in [1.54, 1.807) is 19.2 Å². The van der Waals surface area contributed by atoms with Crippen LogP contribution in [0.1, 0.15) is 16.1 Å². The first-order valence-electron chi connectivity index (χ1n) is 7.24. The molecule has 0 radical (unpaired) electrons. The lowest BCUT2D eigenvalue weighted by Crippen LogP contribution is -2.12. The molecule has 1 aromatic heterocycles. The molecule has 3 N–H and O–H groups in total. The van der Waals surface area contributed by atoms with Crippen LogP contribution in [0.2, 0.25) is 0 Å². The number of para-hydroxylation sites is 1. The van der Waals surface area contributed by atoms with Gasteiger partial charge >= 0.3 is 0 Å². The van der Waals surface area contributed by atoms with E-state index in [1.807, 2.05) is 36.4 Å². The summed E-state index contributed by atoms with van der Waals surface area (Å²) in [6.45, 7) is 0.310. The summed E-state index contributed by atoms with van der Waals surface area (Å²) >= 11 is 0. The molecule has 0 spiro atoms. The van der Waals surface area contributed by atoms with Gasteiger partial charge in [-0.2, -0.15) is 15.4 Å². The lowest BCUT2D eigenvalue weighted by atomic mass is 10.1. The van der Waals surface area contributed by atoms with Crippen LogP contribution in [-0.4, -0.2) is 28.4 Å². The number of ether oxygens (including phenoxy) is 2. The van der Waals surface area contributed by atoms with Crippen molar-refractivity contribution in [1.29, 1.82) is 0 Å². The van der Waals surface area contributed by atoms with Gasteiger partial charge in [0.25, 0.3) is 5.91 Å². The molecule has 1 heterocycles. The van der Waals surface area contributed by atoms with E-state index in [0.717, 1.165) is 11.3 Å². The Balaban J connectivity index is 1.90. The van der Waals surface area contributed by atoms with Crippen LogP contribution in [0.25, 0.3) is 11.3 Å². The molecule has 0 unspecified atom stereocenters. The molecular formula is C17H16N4O3. The van der Waals surface area contributed by atoms with Gasteiger partial charge in [0.05, 0.1) is 7.11 Å². The van der Waals surface area contributed by atoms with Crippen molar-refractivity contribution in [1.82, 2.24) is 15.4 Å². The fraction of sp³-hybridized carbons (Fsp3) is 0.118. The number of methoxy groups -OCH3 is 1. The third kappa shape index (κ3) is 3.19. The van der Waals surface area contributed by atoms with E-state index in [0.29, 0.717) is 23.6 Å². The molecule has 0 fully saturated rings. The molecule has 7 heteroatoms. The molecular weight excluding hydrogens is 308 g/mol. The standard InChI is InChI=1S/C17H16N4O3/c1-23-14-8-7-11(15-16(17(18)22)20-21-19-15)9-12(14)10-24-13-5-3-2-4-6-13/h2-9H,10H2,1H3,(H2,18,22)(H,19,20,21). The number of benzene rings is 2. The minimum atomic E-state index is -0.642. The largest absolute Gasteiger partial charge is 0.496 e. The van der Waals surface area contributed by atoms with E-state index >= 15 is 0 Å². The maximum Gasteiger partial charge on any atom is 0.271 e. The van der Waals surface area contributed by atoms with Gasteiger partial charge in [0.1, 0.15) is 23.8 Å². The number of aromatic nitrogens is 3. The van der Waals surface area contributed by atoms with Crippen LogP contribution in [0, 0.1) is 0 Å². The van der Waals surface area contributed by atoms with Crippen molar-refractivity contribution in [3.05, 3.63) is 59.8 Å². The van der Waals surface area contributed by atoms with Gasteiger partial charge in [-0.05, 0) is 30.3 Å². The predicted octanol–water partition coefficient (Wildman–Crippen LogP) is 2.16. The molecule has 0 bridgehead atoms. The van der Waals surface area contributed by atoms with E-state index in [2.05, 4.69) is 15.4 Å². The Morgan fingerprint density at radius 3 is 2.67 bits per heavy atom. The van der Waals surface area contributed by atoms with Crippen molar-refractivity contribution < 1.29 is 14.3 Å². The molecule has 0 saturated carbocycles. The Kier molecular flexibility index (Phi) is 4.42. The van der Waals surface area contributed by atoms with Gasteiger partial charge in [0.15, 0.2) is 5.69 Å². The average Bonchev–Trinajstić information content (AvgIpc) is 3.10. The lowest BCUT2D eigenvalue weighted by molar-refractivity contribution is 0.0996. The van der Waals surface area contributed by atoms with Crippen molar-refractivity contribution in [2.24, 2.45) is 5.73 Å². The second kappa shape index (κ2) is 6.82. The number of H-pyrrole nitrogens is 1. The minimum absolute atomic E-state index is 0.0927. The number of carbonyl (C=O) groups is 1. The van der Waals surface area contributed by atoms with Gasteiger partial charge in [0.2, 0.25) is 0 Å². The molecule has 0 atom stereocenters. The first-order valence-corrected chi connectivity index (χ1v) is 7.24. The number of primary amides is 1. The van der Waals surface area contributed by atoms with E-state index < -0.39 is 5.91 Å². The van der Waals surface area contributed by atoms with Crippen molar-refractivity contribution in [2.45, 2.75) is 6.61 Å². The Morgan fingerprint density at radius 2 is 1.96 bits per heavy atom. The molecule has 0 aliphatic carbocycles. The number of rotatable bonds is 6. The van der Waals surface area contributed by atoms with Gasteiger partial charge in [-0.15, -0.1) is 0 Å². The number of hydrogen-bond acceptors (Lipinski definition) is 5. The van der Waals surface area contributed by atoms with Gasteiger partial charge in [-0.3, -0.25) is 4.79 Å². The molecule has 122 valence electrons. The van der Waals surface area contributed by atoms with Crippen LogP contribution in [-0.2, 0) is 6.61 Å². The molecule has 24 heavy (non-hydrogen) atoms. The van der Waals surface area contributed by atoms with Crippen molar-refractivity contribution >= 4 is 5.91 Å². The van der Waals surface area contributed by atoms with E-state index in [9.17, 15) is 4.79 Å². The molecule has 3 rings (SSSR count). The number of nitrogens with zero attached hydrogens (tertiary/aromatic N) is 2. The van der Waals surface area contributed by atoms with Crippen LogP contribution in [0.5, 0.6) is 11.5 Å². The highest BCUT2D eigenvalue weighted by Gasteiger charge is 2.16. The van der Waals surface area contributed by atoms with Crippen LogP contribution in [0.4, 0.5) is 0 Å². The Labute approximate surface area is 138 Å². The van der Waals surface area contributed by atoms with Crippen LogP contribution >= 0.6 is 0 Å². The highest BCUT2D eigenvalue weighted by molar-refractivity contribution is 5.96. The zero-order valence-electron chi connectivity index (χ0n) is 13.0. The molecule has 0 saturated heterocycles. The van der Waals surface area contributed by atoms with E-state index in [1.165, 1.54) is 0 Å². The summed E-state index contributed by atoms with van der Waals surface area (Å²) in [5.74, 6) is 0.791. The predicted molar refractivity (Wildman–Crippen MR) is 87.7 cm³/mol. The monoisotopic (exact) mass is 324 g/mol. The highest BCUT2D eigenvalue weighted by atomic mass is 16.5. The third-order valence-electron chi connectivity index (χ3n) is 3.47. The van der Waals surface area contributed by atoms with Crippen molar-refractivity contribution in [3.8, 4) is 22.8 Å².